The Balaban J connectivity index is 0.000000467. The van der Waals surface area contributed by atoms with Gasteiger partial charge in [-0.05, 0) is 46.6 Å². The molecule has 2 atom stereocenters. The van der Waals surface area contributed by atoms with Crippen molar-refractivity contribution in [1.29, 1.82) is 0 Å². The Hall–Kier alpha value is -3.03. The van der Waals surface area contributed by atoms with Gasteiger partial charge in [0.05, 0.1) is 23.5 Å². The summed E-state index contributed by atoms with van der Waals surface area (Å²) in [5.41, 5.74) is 4.39. The molecule has 0 aliphatic rings. The van der Waals surface area contributed by atoms with Gasteiger partial charge in [-0.15, -0.1) is 11.3 Å². The highest BCUT2D eigenvalue weighted by molar-refractivity contribution is 7.13. The SMILES string of the molecule is C=C/C=C\c1c(-c2csc(-c3cc(C(C)=O)c[nH]c3=O)n2)c[nH]c1C.CCC.CCC[C@@H](C)O[C@@H](C)CC. The molecule has 3 aromatic heterocycles. The molecule has 0 radical (unpaired) electrons. The van der Waals surface area contributed by atoms with Crippen LogP contribution in [0.25, 0.3) is 27.9 Å². The molecule has 0 fully saturated rings. The van der Waals surface area contributed by atoms with Crippen molar-refractivity contribution in [2.45, 2.75) is 93.3 Å². The van der Waals surface area contributed by atoms with Gasteiger partial charge in [0.2, 0.25) is 0 Å². The predicted octanol–water partition coefficient (Wildman–Crippen LogP) is 8.61. The van der Waals surface area contributed by atoms with Gasteiger partial charge in [-0.1, -0.05) is 65.3 Å². The first kappa shape index (κ1) is 33.0. The minimum absolute atomic E-state index is 0.104. The summed E-state index contributed by atoms with van der Waals surface area (Å²) in [7, 11) is 0. The molecule has 0 amide bonds. The highest BCUT2D eigenvalue weighted by Crippen LogP contribution is 2.31. The van der Waals surface area contributed by atoms with Crippen LogP contribution in [0, 0.1) is 6.92 Å². The molecule has 0 aliphatic heterocycles. The van der Waals surface area contributed by atoms with E-state index < -0.39 is 0 Å². The van der Waals surface area contributed by atoms with Crippen LogP contribution in [0.15, 0.2) is 47.4 Å². The Morgan fingerprint density at radius 1 is 1.13 bits per heavy atom. The molecular weight excluding hydrogens is 494 g/mol. The topological polar surface area (TPSA) is 87.8 Å². The Morgan fingerprint density at radius 2 is 1.82 bits per heavy atom. The molecule has 38 heavy (non-hydrogen) atoms. The summed E-state index contributed by atoms with van der Waals surface area (Å²) in [6.07, 6.45) is 14.5. The summed E-state index contributed by atoms with van der Waals surface area (Å²) in [5, 5.41) is 2.49. The molecule has 0 unspecified atom stereocenters. The summed E-state index contributed by atoms with van der Waals surface area (Å²) in [5.74, 6) is -0.104. The average molecular weight is 540 g/mol. The van der Waals surface area contributed by atoms with Crippen LogP contribution in [0.5, 0.6) is 0 Å². The first-order valence-electron chi connectivity index (χ1n) is 13.5. The fraction of sp³-hybridized carbons (Fsp3) is 0.452. The normalized spacial score (nSPS) is 12.2. The molecule has 0 saturated heterocycles. The van der Waals surface area contributed by atoms with Crippen LogP contribution in [0.3, 0.4) is 0 Å². The number of hydrogen-bond acceptors (Lipinski definition) is 5. The summed E-state index contributed by atoms with van der Waals surface area (Å²) in [6.45, 7) is 20.0. The Morgan fingerprint density at radius 3 is 2.39 bits per heavy atom. The van der Waals surface area contributed by atoms with Crippen molar-refractivity contribution in [2.75, 3.05) is 0 Å². The number of nitrogens with one attached hydrogen (secondary N) is 2. The minimum Gasteiger partial charge on any atom is -0.376 e. The monoisotopic (exact) mass is 539 g/mol. The van der Waals surface area contributed by atoms with Crippen molar-refractivity contribution >= 4 is 23.2 Å². The minimum atomic E-state index is -0.261. The fourth-order valence-electron chi connectivity index (χ4n) is 3.46. The molecular formula is C31H45N3O3S. The second kappa shape index (κ2) is 17.5. The van der Waals surface area contributed by atoms with Gasteiger partial charge >= 0.3 is 0 Å². The molecule has 3 heterocycles. The third-order valence-electron chi connectivity index (χ3n) is 5.58. The van der Waals surface area contributed by atoms with Gasteiger partial charge in [-0.2, -0.15) is 0 Å². The first-order valence-corrected chi connectivity index (χ1v) is 14.3. The molecule has 208 valence electrons. The molecule has 6 nitrogen and oxygen atoms in total. The molecule has 3 rings (SSSR count). The summed E-state index contributed by atoms with van der Waals surface area (Å²) in [6, 6.07) is 1.59. The zero-order valence-electron chi connectivity index (χ0n) is 24.3. The number of ketones is 1. The van der Waals surface area contributed by atoms with Gasteiger partial charge in [0, 0.05) is 40.2 Å². The lowest BCUT2D eigenvalue weighted by Gasteiger charge is -2.16. The van der Waals surface area contributed by atoms with E-state index in [1.54, 1.807) is 12.1 Å². The number of carbonyl (C=O) groups excluding carboxylic acids is 1. The van der Waals surface area contributed by atoms with E-state index in [0.717, 1.165) is 28.9 Å². The van der Waals surface area contributed by atoms with E-state index in [0.29, 0.717) is 28.3 Å². The highest BCUT2D eigenvalue weighted by atomic mass is 32.1. The van der Waals surface area contributed by atoms with E-state index in [9.17, 15) is 9.59 Å². The maximum absolute atomic E-state index is 12.1. The van der Waals surface area contributed by atoms with E-state index in [2.05, 4.69) is 63.1 Å². The van der Waals surface area contributed by atoms with Crippen LogP contribution < -0.4 is 5.56 Å². The largest absolute Gasteiger partial charge is 0.376 e. The van der Waals surface area contributed by atoms with Crippen molar-refractivity contribution in [1.82, 2.24) is 15.0 Å². The second-order valence-corrected chi connectivity index (χ2v) is 10.1. The summed E-state index contributed by atoms with van der Waals surface area (Å²) >= 11 is 1.37. The van der Waals surface area contributed by atoms with Gasteiger partial charge < -0.3 is 14.7 Å². The molecule has 0 saturated carbocycles. The number of rotatable bonds is 10. The zero-order valence-corrected chi connectivity index (χ0v) is 25.1. The van der Waals surface area contributed by atoms with E-state index in [1.807, 2.05) is 30.7 Å². The summed E-state index contributed by atoms with van der Waals surface area (Å²) < 4.78 is 5.64. The van der Waals surface area contributed by atoms with Crippen LogP contribution >= 0.6 is 11.3 Å². The molecule has 7 heteroatoms. The number of pyridine rings is 1. The fourth-order valence-corrected chi connectivity index (χ4v) is 4.30. The maximum Gasteiger partial charge on any atom is 0.258 e. The number of allylic oxidation sites excluding steroid dienone is 2. The van der Waals surface area contributed by atoms with Gasteiger partial charge in [0.25, 0.3) is 5.56 Å². The van der Waals surface area contributed by atoms with Crippen LogP contribution in [-0.2, 0) is 4.74 Å². The van der Waals surface area contributed by atoms with Crippen molar-refractivity contribution in [2.24, 2.45) is 0 Å². The number of aryl methyl sites for hydroxylation is 1. The van der Waals surface area contributed by atoms with E-state index >= 15 is 0 Å². The van der Waals surface area contributed by atoms with Crippen LogP contribution in [-0.4, -0.2) is 32.9 Å². The van der Waals surface area contributed by atoms with Crippen molar-refractivity contribution in [3.8, 4) is 21.8 Å². The molecule has 0 spiro atoms. The number of aromatic amines is 2. The van der Waals surface area contributed by atoms with Gasteiger partial charge in [-0.3, -0.25) is 9.59 Å². The van der Waals surface area contributed by atoms with Crippen molar-refractivity contribution in [3.05, 3.63) is 69.7 Å². The third kappa shape index (κ3) is 10.4. The lowest BCUT2D eigenvalue weighted by atomic mass is 10.1. The smallest absolute Gasteiger partial charge is 0.258 e. The molecule has 0 aliphatic carbocycles. The number of carbonyl (C=O) groups is 1. The number of thiazole rings is 1. The number of ether oxygens (including phenoxy) is 1. The van der Waals surface area contributed by atoms with Crippen molar-refractivity contribution in [3.63, 3.8) is 0 Å². The Kier molecular flexibility index (Phi) is 15.2. The predicted molar refractivity (Wildman–Crippen MR) is 163 cm³/mol. The molecule has 0 aromatic carbocycles. The second-order valence-electron chi connectivity index (χ2n) is 9.22. The first-order chi connectivity index (χ1) is 18.1. The molecule has 0 bridgehead atoms. The number of nitrogens with zero attached hydrogens (tertiary/aromatic N) is 1. The lowest BCUT2D eigenvalue weighted by Crippen LogP contribution is -2.15. The third-order valence-corrected chi connectivity index (χ3v) is 6.46. The van der Waals surface area contributed by atoms with Gasteiger partial charge in [-0.25, -0.2) is 4.98 Å². The molecule has 2 N–H and O–H groups in total. The number of hydrogen-bond donors (Lipinski definition) is 2. The quantitative estimate of drug-likeness (QED) is 0.199. The standard InChI is InChI=1S/C19H17N3O2S.C9H20O.C3H8/c1-4-5-6-14-11(2)20-9-16(14)17-10-25-19(22-17)15-7-13(12(3)23)8-21-18(15)24;1-5-7-9(4)10-8(3)6-2;1-3-2/h4-10,20H,1H2,2-3H3,(H,21,24);8-9H,5-7H2,1-4H3;3H2,1-2H3/b6-5-;;/t;8-,9+;/m.0./s1. The number of aromatic nitrogens is 3. The molecule has 3 aromatic rings. The number of H-pyrrole nitrogens is 2. The zero-order chi connectivity index (χ0) is 28.7. The highest BCUT2D eigenvalue weighted by Gasteiger charge is 2.15. The van der Waals surface area contributed by atoms with E-state index in [1.165, 1.54) is 43.7 Å². The number of Topliss-reactive ketones (excluding diaryl/α,β-unsaturated/α-hetero) is 1. The van der Waals surface area contributed by atoms with Gasteiger partial charge in [0.1, 0.15) is 5.01 Å². The van der Waals surface area contributed by atoms with Crippen LogP contribution in [0.1, 0.15) is 95.8 Å². The van der Waals surface area contributed by atoms with Crippen molar-refractivity contribution < 1.29 is 9.53 Å². The van der Waals surface area contributed by atoms with E-state index in [4.69, 9.17) is 4.74 Å². The Bertz CT molecular complexity index is 1220. The average Bonchev–Trinajstić information content (AvgIpc) is 3.50. The Labute approximate surface area is 232 Å². The van der Waals surface area contributed by atoms with E-state index in [-0.39, 0.29) is 11.3 Å². The van der Waals surface area contributed by atoms with Gasteiger partial charge in [0.15, 0.2) is 5.78 Å². The maximum atomic E-state index is 12.1. The lowest BCUT2D eigenvalue weighted by molar-refractivity contribution is 0.00228. The summed E-state index contributed by atoms with van der Waals surface area (Å²) in [4.78, 5) is 34.1. The van der Waals surface area contributed by atoms with Crippen LogP contribution in [0.2, 0.25) is 0 Å². The van der Waals surface area contributed by atoms with Crippen LogP contribution in [0.4, 0.5) is 0 Å².